The normalized spacial score (nSPS) is 19.5. The second kappa shape index (κ2) is 22.8. The Morgan fingerprint density at radius 1 is 1.03 bits per heavy atom. The van der Waals surface area contributed by atoms with Gasteiger partial charge in [0.25, 0.3) is 5.91 Å². The van der Waals surface area contributed by atoms with Crippen LogP contribution in [0.5, 0.6) is 11.5 Å². The lowest BCUT2D eigenvalue weighted by Crippen LogP contribution is -2.39. The Kier molecular flexibility index (Phi) is 17.2. The number of methoxy groups -OCH3 is 1. The Bertz CT molecular complexity index is 2710. The number of carbonyl (C=O) groups excluding carboxylic acids is 3. The Balaban J connectivity index is 1.24. The van der Waals surface area contributed by atoms with Crippen LogP contribution in [0, 0.1) is 41.4 Å². The standard InChI is InChI=1S/C51H58N4O8S3/c1-8-10-11-12-13-18-45(48-38(21-22-66(7,64)65)43(56)26-44(57)49(48)54-51(59)60-6)62-30-33(4)34(5)31-63-47-25-42-39(24-46(47)61-29-32(3)9-2)50(58)55-28-36(23-37(55)27-52-42)41-20-19-35-16-14-15-17-40(35)53-41/h11-12,14-17,19-21,24-25,28,32-34,37,43,45,52,56H,9,22-23,26-27,29-31H2,1-7H3,(H,54,59)/b12-11-,38-21-/t32?,33?,34?,37?,43-,45-/m0/s1. The van der Waals surface area contributed by atoms with Gasteiger partial charge < -0.3 is 34.3 Å². The van der Waals surface area contributed by atoms with Crippen molar-refractivity contribution in [1.29, 1.82) is 0 Å². The van der Waals surface area contributed by atoms with Gasteiger partial charge in [-0.05, 0) is 101 Å². The number of para-hydroxylation sites is 1. The van der Waals surface area contributed by atoms with Crippen molar-refractivity contribution in [3.63, 3.8) is 0 Å². The van der Waals surface area contributed by atoms with Gasteiger partial charge in [0, 0.05) is 41.9 Å². The number of rotatable bonds is 16. The highest BCUT2D eigenvalue weighted by molar-refractivity contribution is 8.56. The molecule has 2 amide bonds. The maximum atomic E-state index is 14.3. The molecule has 12 nitrogen and oxygen atoms in total. The lowest BCUT2D eigenvalue weighted by atomic mass is 9.84. The number of allylic oxidation sites excluding steroid dienone is 3. The lowest BCUT2D eigenvalue weighted by molar-refractivity contribution is -0.118. The van der Waals surface area contributed by atoms with E-state index in [1.807, 2.05) is 61.3 Å². The number of benzene rings is 2. The van der Waals surface area contributed by atoms with Crippen LogP contribution >= 0.6 is 0 Å². The zero-order chi connectivity index (χ0) is 47.5. The number of ketones is 1. The number of fused-ring (bicyclic) bond motifs is 3. The molecule has 3 aliphatic rings. The molecule has 3 heterocycles. The fourth-order valence-corrected chi connectivity index (χ4v) is 8.41. The summed E-state index contributed by atoms with van der Waals surface area (Å²) >= 11 is 11.0. The predicted molar refractivity (Wildman–Crippen MR) is 267 cm³/mol. The number of ether oxygens (including phenoxy) is 4. The minimum atomic E-state index is -1.89. The predicted octanol–water partition coefficient (Wildman–Crippen LogP) is 7.54. The van der Waals surface area contributed by atoms with E-state index in [0.29, 0.717) is 53.6 Å². The van der Waals surface area contributed by atoms with Crippen LogP contribution in [0.15, 0.2) is 89.8 Å². The van der Waals surface area contributed by atoms with Crippen LogP contribution in [-0.2, 0) is 43.8 Å². The summed E-state index contributed by atoms with van der Waals surface area (Å²) in [6.07, 6.45) is 6.75. The third-order valence-electron chi connectivity index (χ3n) is 11.9. The number of hydrogen-bond donors (Lipinski definition) is 3. The van der Waals surface area contributed by atoms with Crippen molar-refractivity contribution in [2.75, 3.05) is 50.8 Å². The molecule has 6 rings (SSSR count). The molecule has 4 unspecified atom stereocenters. The third-order valence-corrected chi connectivity index (χ3v) is 13.4. The summed E-state index contributed by atoms with van der Waals surface area (Å²) in [7, 11) is -0.691. The van der Waals surface area contributed by atoms with E-state index in [4.69, 9.17) is 46.3 Å². The molecular weight excluding hydrogens is 893 g/mol. The maximum absolute atomic E-state index is 14.3. The molecule has 0 saturated carbocycles. The average Bonchev–Trinajstić information content (AvgIpc) is 3.69. The third kappa shape index (κ3) is 12.7. The number of aliphatic hydroxyl groups excluding tert-OH is 1. The van der Waals surface area contributed by atoms with Crippen molar-refractivity contribution in [2.45, 2.75) is 72.1 Å². The summed E-state index contributed by atoms with van der Waals surface area (Å²) in [6, 6.07) is 15.6. The van der Waals surface area contributed by atoms with Gasteiger partial charge in [0.2, 0.25) is 0 Å². The first kappa shape index (κ1) is 49.9. The molecule has 348 valence electrons. The highest BCUT2D eigenvalue weighted by atomic mass is 33.1. The smallest absolute Gasteiger partial charge is 0.411 e. The molecule has 0 bridgehead atoms. The van der Waals surface area contributed by atoms with Crippen LogP contribution in [0.25, 0.3) is 16.5 Å². The fourth-order valence-electron chi connectivity index (χ4n) is 7.52. The minimum absolute atomic E-state index is 0.0800. The number of anilines is 1. The average molecular weight is 951 g/mol. The maximum Gasteiger partial charge on any atom is 0.411 e. The highest BCUT2D eigenvalue weighted by Gasteiger charge is 2.37. The van der Waals surface area contributed by atoms with E-state index >= 15 is 0 Å². The molecule has 3 aromatic rings. The number of nitrogens with one attached hydrogen (secondary N) is 2. The monoisotopic (exact) mass is 950 g/mol. The zero-order valence-corrected chi connectivity index (χ0v) is 40.9. The van der Waals surface area contributed by atoms with Crippen LogP contribution in [0.3, 0.4) is 0 Å². The van der Waals surface area contributed by atoms with Gasteiger partial charge >= 0.3 is 6.09 Å². The summed E-state index contributed by atoms with van der Waals surface area (Å²) in [6.45, 7) is 11.4. The fraction of sp³-hybridized carbons (Fsp3) is 0.412. The summed E-state index contributed by atoms with van der Waals surface area (Å²) in [5, 5.41) is 18.4. The number of alkyl carbamates (subject to hydrolysis) is 1. The van der Waals surface area contributed by atoms with Crippen molar-refractivity contribution in [2.24, 2.45) is 17.8 Å². The molecule has 1 aromatic heterocycles. The van der Waals surface area contributed by atoms with Gasteiger partial charge in [-0.1, -0.05) is 89.4 Å². The first-order valence-corrected chi connectivity index (χ1v) is 26.1. The summed E-state index contributed by atoms with van der Waals surface area (Å²) in [5.74, 6) is 12.3. The number of nitrogens with zero attached hydrogens (tertiary/aromatic N) is 2. The van der Waals surface area contributed by atoms with E-state index in [1.54, 1.807) is 37.5 Å². The van der Waals surface area contributed by atoms with Crippen LogP contribution in [-0.4, -0.2) is 96.5 Å². The Morgan fingerprint density at radius 3 is 2.50 bits per heavy atom. The topological polar surface area (TPSA) is 149 Å². The van der Waals surface area contributed by atoms with Crippen molar-refractivity contribution in [1.82, 2.24) is 15.2 Å². The number of hydrogen-bond acceptors (Lipinski definition) is 12. The van der Waals surface area contributed by atoms with Gasteiger partial charge in [0.15, 0.2) is 17.3 Å². The Hall–Kier alpha value is -5.55. The second-order valence-electron chi connectivity index (χ2n) is 17.0. The molecule has 15 heteroatoms. The Labute approximate surface area is 398 Å². The van der Waals surface area contributed by atoms with E-state index < -0.39 is 31.2 Å². The number of aliphatic hydroxyl groups is 1. The number of pyridine rings is 1. The zero-order valence-electron chi connectivity index (χ0n) is 38.5. The van der Waals surface area contributed by atoms with Gasteiger partial charge in [0.05, 0.1) is 67.2 Å². The van der Waals surface area contributed by atoms with Crippen molar-refractivity contribution in [3.05, 3.63) is 101 Å². The van der Waals surface area contributed by atoms with Gasteiger partial charge in [0.1, 0.15) is 6.10 Å². The van der Waals surface area contributed by atoms with Crippen molar-refractivity contribution < 1.29 is 38.4 Å². The molecule has 2 aromatic carbocycles. The molecular formula is C51H58N4O8S3. The van der Waals surface area contributed by atoms with Gasteiger partial charge in [-0.3, -0.25) is 14.9 Å². The highest BCUT2D eigenvalue weighted by Crippen LogP contribution is 2.40. The first-order valence-electron chi connectivity index (χ1n) is 22.1. The van der Waals surface area contributed by atoms with Crippen LogP contribution in [0.4, 0.5) is 10.5 Å². The lowest BCUT2D eigenvalue weighted by Gasteiger charge is -2.31. The van der Waals surface area contributed by atoms with Gasteiger partial charge in [-0.2, -0.15) is 0 Å². The summed E-state index contributed by atoms with van der Waals surface area (Å²) in [5.41, 5.74) is 4.41. The van der Waals surface area contributed by atoms with Crippen LogP contribution in [0.1, 0.15) is 69.9 Å². The van der Waals surface area contributed by atoms with E-state index in [2.05, 4.69) is 54.2 Å². The molecule has 66 heavy (non-hydrogen) atoms. The molecule has 0 saturated heterocycles. The second-order valence-corrected chi connectivity index (χ2v) is 24.2. The van der Waals surface area contributed by atoms with Crippen LogP contribution in [0.2, 0.25) is 0 Å². The van der Waals surface area contributed by atoms with Crippen LogP contribution < -0.4 is 20.1 Å². The van der Waals surface area contributed by atoms with Crippen molar-refractivity contribution >= 4 is 69.5 Å². The summed E-state index contributed by atoms with van der Waals surface area (Å²) in [4.78, 5) is 47.0. The molecule has 3 N–H and O–H groups in total. The van der Waals surface area contributed by atoms with E-state index in [9.17, 15) is 19.5 Å². The minimum Gasteiger partial charge on any atom is -0.489 e. The van der Waals surface area contributed by atoms with Crippen molar-refractivity contribution in [3.8, 4) is 35.2 Å². The number of amides is 2. The summed E-state index contributed by atoms with van der Waals surface area (Å²) < 4.78 is 24.3. The SMILES string of the molecule is CC#C/C=C\C#C[C@H](OCC(C)C(C)COc1cc2c(cc1OCC(C)CC)C(=O)N1C=C(c3ccc4ccccc4n3)CC1CN2)C1=C(NC(=O)OC)C(=O)C[C@H](O)/C1=C/CS(C)(=S)=S. The molecule has 0 fully saturated rings. The molecule has 1 aliphatic carbocycles. The number of Topliss-reactive ketones (excluding diaryl/α,β-unsaturated/α-hetero) is 1. The number of carbonyl (C=O) groups is 3. The first-order chi connectivity index (χ1) is 31.6. The van der Waals surface area contributed by atoms with E-state index in [0.717, 1.165) is 28.6 Å². The largest absolute Gasteiger partial charge is 0.489 e. The van der Waals surface area contributed by atoms with E-state index in [1.165, 1.54) is 7.11 Å². The van der Waals surface area contributed by atoms with E-state index in [-0.39, 0.29) is 60.6 Å². The molecule has 6 atom stereocenters. The molecule has 0 spiro atoms. The van der Waals surface area contributed by atoms with Gasteiger partial charge in [-0.15, -0.1) is 5.92 Å². The molecule has 0 radical (unpaired) electrons. The molecule has 2 aliphatic heterocycles. The van der Waals surface area contributed by atoms with Gasteiger partial charge in [-0.25, -0.2) is 9.78 Å². The Morgan fingerprint density at radius 2 is 1.76 bits per heavy atom. The number of aromatic nitrogens is 1. The quantitative estimate of drug-likeness (QED) is 0.122.